The first-order valence-corrected chi connectivity index (χ1v) is 11.8. The molecule has 0 heterocycles. The maximum Gasteiger partial charge on any atom is 0.306 e. The minimum absolute atomic E-state index is 0.0590. The van der Waals surface area contributed by atoms with E-state index in [1.165, 1.54) is 58.3 Å². The average Bonchev–Trinajstić information content (AvgIpc) is 2.64. The Bertz CT molecular complexity index is 582. The van der Waals surface area contributed by atoms with Gasteiger partial charge in [-0.1, -0.05) is 34.1 Å². The number of hydrogen-bond donors (Lipinski definition) is 0. The molecule has 6 unspecified atom stereocenters. The van der Waals surface area contributed by atoms with Crippen LogP contribution in [0.3, 0.4) is 0 Å². The smallest absolute Gasteiger partial charge is 0.306 e. The van der Waals surface area contributed by atoms with Crippen LogP contribution in [0.5, 0.6) is 0 Å². The lowest BCUT2D eigenvalue weighted by molar-refractivity contribution is -0.164. The van der Waals surface area contributed by atoms with Crippen LogP contribution >= 0.6 is 0 Å². The van der Waals surface area contributed by atoms with E-state index in [1.807, 2.05) is 0 Å². The molecule has 3 nitrogen and oxygen atoms in total. The second-order valence-corrected chi connectivity index (χ2v) is 11.2. The highest BCUT2D eigenvalue weighted by atomic mass is 16.5. The van der Waals surface area contributed by atoms with Gasteiger partial charge in [0.2, 0.25) is 0 Å². The van der Waals surface area contributed by atoms with Crippen LogP contribution in [0.4, 0.5) is 0 Å². The number of carbonyl (C=O) groups excluding carboxylic acids is 2. The molecule has 0 bridgehead atoms. The first kappa shape index (κ1) is 21.8. The summed E-state index contributed by atoms with van der Waals surface area (Å²) in [5, 5.41) is 0. The summed E-state index contributed by atoms with van der Waals surface area (Å²) < 4.78 is 5.72. The molecular formula is C25H42O3. The molecular weight excluding hydrogens is 348 g/mol. The number of esters is 1. The van der Waals surface area contributed by atoms with Crippen LogP contribution in [0.2, 0.25) is 0 Å². The number of ether oxygens (including phenoxy) is 1. The van der Waals surface area contributed by atoms with Gasteiger partial charge in [0.1, 0.15) is 5.78 Å². The molecule has 6 atom stereocenters. The monoisotopic (exact) mass is 390 g/mol. The van der Waals surface area contributed by atoms with Crippen LogP contribution in [0, 0.1) is 40.4 Å². The second kappa shape index (κ2) is 8.48. The van der Waals surface area contributed by atoms with E-state index in [-0.39, 0.29) is 23.6 Å². The Morgan fingerprint density at radius 1 is 1.04 bits per heavy atom. The third-order valence-electron chi connectivity index (χ3n) is 8.98. The third-order valence-corrected chi connectivity index (χ3v) is 8.98. The van der Waals surface area contributed by atoms with Gasteiger partial charge in [-0.05, 0) is 86.9 Å². The van der Waals surface area contributed by atoms with E-state index in [9.17, 15) is 9.59 Å². The highest BCUT2D eigenvalue weighted by Gasteiger charge is 2.57. The minimum atomic E-state index is -0.199. The van der Waals surface area contributed by atoms with Crippen molar-refractivity contribution >= 4 is 11.8 Å². The molecule has 3 rings (SSSR count). The normalized spacial score (nSPS) is 40.5. The number of Topliss-reactive ketones (excluding diaryl/α,β-unsaturated/α-hetero) is 1. The maximum absolute atomic E-state index is 12.1. The van der Waals surface area contributed by atoms with Crippen LogP contribution in [-0.4, -0.2) is 18.4 Å². The predicted molar refractivity (Wildman–Crippen MR) is 113 cm³/mol. The lowest BCUT2D eigenvalue weighted by atomic mass is 9.44. The van der Waals surface area contributed by atoms with E-state index < -0.39 is 0 Å². The van der Waals surface area contributed by atoms with Crippen molar-refractivity contribution in [2.45, 2.75) is 98.8 Å². The summed E-state index contributed by atoms with van der Waals surface area (Å²) in [6, 6.07) is 0. The van der Waals surface area contributed by atoms with E-state index in [1.54, 1.807) is 0 Å². The Balaban J connectivity index is 1.67. The summed E-state index contributed by atoms with van der Waals surface area (Å²) in [5.41, 5.74) is 0.502. The van der Waals surface area contributed by atoms with E-state index in [0.717, 1.165) is 23.7 Å². The molecule has 0 radical (unpaired) electrons. The number of fused-ring (bicyclic) bond motifs is 3. The topological polar surface area (TPSA) is 43.4 Å². The molecule has 3 aliphatic rings. The summed E-state index contributed by atoms with van der Waals surface area (Å²) >= 11 is 0. The molecule has 3 fully saturated rings. The fourth-order valence-electron chi connectivity index (χ4n) is 7.38. The molecule has 28 heavy (non-hydrogen) atoms. The standard InChI is InChI=1S/C25H42O3/c1-17(2)19-8-10-21-20(15-19)9-11-22-24(4,13-6-14-25(21,22)5)16-28-23(27)12-7-18(3)26/h17,19-22H,6-16H2,1-5H3. The molecule has 0 aromatic rings. The Hall–Kier alpha value is -0.860. The number of hydrogen-bond acceptors (Lipinski definition) is 3. The number of ketones is 1. The molecule has 3 saturated carbocycles. The zero-order valence-corrected chi connectivity index (χ0v) is 18.9. The van der Waals surface area contributed by atoms with Crippen molar-refractivity contribution in [3.63, 3.8) is 0 Å². The van der Waals surface area contributed by atoms with Gasteiger partial charge >= 0.3 is 5.97 Å². The molecule has 0 aromatic heterocycles. The SMILES string of the molecule is CC(=O)CCC(=O)OCC1(C)CCCC2(C)C3CCC(C(C)C)CC3CCC12. The van der Waals surface area contributed by atoms with Crippen molar-refractivity contribution in [3.8, 4) is 0 Å². The zero-order valence-electron chi connectivity index (χ0n) is 18.9. The van der Waals surface area contributed by atoms with Gasteiger partial charge < -0.3 is 9.53 Å². The summed E-state index contributed by atoms with van der Waals surface area (Å²) in [4.78, 5) is 23.3. The van der Waals surface area contributed by atoms with Crippen LogP contribution in [0.15, 0.2) is 0 Å². The Labute approximate surface area is 172 Å². The van der Waals surface area contributed by atoms with Gasteiger partial charge in [-0.2, -0.15) is 0 Å². The largest absolute Gasteiger partial charge is 0.465 e. The molecule has 0 N–H and O–H groups in total. The second-order valence-electron chi connectivity index (χ2n) is 11.2. The van der Waals surface area contributed by atoms with Crippen LogP contribution in [0.25, 0.3) is 0 Å². The molecule has 0 saturated heterocycles. The van der Waals surface area contributed by atoms with Crippen molar-refractivity contribution in [1.29, 1.82) is 0 Å². The molecule has 160 valence electrons. The maximum atomic E-state index is 12.1. The van der Waals surface area contributed by atoms with Gasteiger partial charge in [0.05, 0.1) is 13.0 Å². The molecule has 0 amide bonds. The quantitative estimate of drug-likeness (QED) is 0.508. The summed E-state index contributed by atoms with van der Waals surface area (Å²) in [6.07, 6.45) is 11.2. The van der Waals surface area contributed by atoms with Crippen molar-refractivity contribution in [1.82, 2.24) is 0 Å². The fraction of sp³-hybridized carbons (Fsp3) is 0.920. The highest BCUT2D eigenvalue weighted by molar-refractivity contribution is 5.80. The predicted octanol–water partition coefficient (Wildman–Crippen LogP) is 6.19. The van der Waals surface area contributed by atoms with Gasteiger partial charge in [0, 0.05) is 11.8 Å². The zero-order chi connectivity index (χ0) is 20.5. The fourth-order valence-corrected chi connectivity index (χ4v) is 7.38. The molecule has 0 spiro atoms. The lowest BCUT2D eigenvalue weighted by Gasteiger charge is -2.61. The lowest BCUT2D eigenvalue weighted by Crippen LogP contribution is -2.55. The molecule has 0 aliphatic heterocycles. The molecule has 3 aliphatic carbocycles. The average molecular weight is 391 g/mol. The Kier molecular flexibility index (Phi) is 6.61. The van der Waals surface area contributed by atoms with E-state index in [2.05, 4.69) is 27.7 Å². The van der Waals surface area contributed by atoms with E-state index in [0.29, 0.717) is 24.4 Å². The van der Waals surface area contributed by atoms with Crippen LogP contribution in [-0.2, 0) is 14.3 Å². The summed E-state index contributed by atoms with van der Waals surface area (Å²) in [6.45, 7) is 11.8. The van der Waals surface area contributed by atoms with Crippen molar-refractivity contribution in [2.24, 2.45) is 40.4 Å². The minimum Gasteiger partial charge on any atom is -0.465 e. The van der Waals surface area contributed by atoms with Crippen molar-refractivity contribution in [2.75, 3.05) is 6.61 Å². The summed E-state index contributed by atoms with van der Waals surface area (Å²) in [7, 11) is 0. The van der Waals surface area contributed by atoms with E-state index >= 15 is 0 Å². The van der Waals surface area contributed by atoms with Gasteiger partial charge in [0.25, 0.3) is 0 Å². The van der Waals surface area contributed by atoms with Crippen LogP contribution < -0.4 is 0 Å². The third kappa shape index (κ3) is 4.33. The number of rotatable bonds is 6. The Morgan fingerprint density at radius 3 is 2.46 bits per heavy atom. The highest BCUT2D eigenvalue weighted by Crippen LogP contribution is 2.64. The van der Waals surface area contributed by atoms with Crippen LogP contribution in [0.1, 0.15) is 98.8 Å². The first-order valence-electron chi connectivity index (χ1n) is 11.8. The van der Waals surface area contributed by atoms with Gasteiger partial charge in [-0.3, -0.25) is 4.79 Å². The van der Waals surface area contributed by atoms with Gasteiger partial charge in [-0.15, -0.1) is 0 Å². The van der Waals surface area contributed by atoms with Gasteiger partial charge in [0.15, 0.2) is 0 Å². The Morgan fingerprint density at radius 2 is 1.79 bits per heavy atom. The van der Waals surface area contributed by atoms with Crippen molar-refractivity contribution in [3.05, 3.63) is 0 Å². The van der Waals surface area contributed by atoms with Gasteiger partial charge in [-0.25, -0.2) is 0 Å². The first-order chi connectivity index (χ1) is 13.2. The summed E-state index contributed by atoms with van der Waals surface area (Å²) in [5.74, 6) is 4.01. The number of carbonyl (C=O) groups is 2. The van der Waals surface area contributed by atoms with E-state index in [4.69, 9.17) is 4.74 Å². The molecule has 3 heteroatoms. The van der Waals surface area contributed by atoms with Crippen molar-refractivity contribution < 1.29 is 14.3 Å². The molecule has 0 aromatic carbocycles.